The zero-order valence-corrected chi connectivity index (χ0v) is 12.5. The summed E-state index contributed by atoms with van der Waals surface area (Å²) in [5, 5.41) is 3.81. The van der Waals surface area contributed by atoms with E-state index >= 15 is 0 Å². The third-order valence-corrected chi connectivity index (χ3v) is 2.87. The predicted octanol–water partition coefficient (Wildman–Crippen LogP) is 3.04. The summed E-state index contributed by atoms with van der Waals surface area (Å²) < 4.78 is 18.6. The van der Waals surface area contributed by atoms with Crippen LogP contribution >= 0.6 is 0 Å². The largest absolute Gasteiger partial charge is 0.461 e. The number of carbonyl (C=O) groups is 2. The molecule has 0 atom stereocenters. The first-order chi connectivity index (χ1) is 11.1. The summed E-state index contributed by atoms with van der Waals surface area (Å²) in [5.74, 6) is -2.48. The summed E-state index contributed by atoms with van der Waals surface area (Å²) >= 11 is 0. The van der Waals surface area contributed by atoms with E-state index in [9.17, 15) is 14.0 Å². The van der Waals surface area contributed by atoms with Crippen LogP contribution in [0.25, 0.3) is 0 Å². The van der Waals surface area contributed by atoms with Crippen molar-refractivity contribution in [1.29, 1.82) is 0 Å². The highest BCUT2D eigenvalue weighted by atomic mass is 19.1. The van der Waals surface area contributed by atoms with Crippen molar-refractivity contribution in [2.24, 2.45) is 5.10 Å². The van der Waals surface area contributed by atoms with E-state index in [0.29, 0.717) is 5.69 Å². The Bertz CT molecular complexity index is 730. The Hall–Kier alpha value is -3.02. The lowest BCUT2D eigenvalue weighted by Gasteiger charge is -2.07. The van der Waals surface area contributed by atoms with Gasteiger partial charge in [0.2, 0.25) is 11.5 Å². The summed E-state index contributed by atoms with van der Waals surface area (Å²) in [6.45, 7) is 1.68. The van der Waals surface area contributed by atoms with Gasteiger partial charge in [-0.05, 0) is 31.2 Å². The molecule has 0 bridgehead atoms. The van der Waals surface area contributed by atoms with Crippen LogP contribution in [0.1, 0.15) is 17.3 Å². The van der Waals surface area contributed by atoms with Gasteiger partial charge in [0.15, 0.2) is 0 Å². The standard InChI is InChI=1S/C17H15FN2O3/c1-2-23-17(22)15(20-19-12-8-4-3-5-9-12)16(21)13-10-6-7-11-14(13)18/h3-11,19H,2H2,1H3/b20-15-. The third kappa shape index (κ3) is 4.23. The Morgan fingerprint density at radius 2 is 1.74 bits per heavy atom. The predicted molar refractivity (Wildman–Crippen MR) is 84.9 cm³/mol. The zero-order chi connectivity index (χ0) is 16.7. The normalized spacial score (nSPS) is 11.0. The Labute approximate surface area is 132 Å². The van der Waals surface area contributed by atoms with E-state index in [2.05, 4.69) is 10.5 Å². The number of halogens is 1. The summed E-state index contributed by atoms with van der Waals surface area (Å²) in [5.41, 5.74) is 2.42. The SMILES string of the molecule is CCOC(=O)/C(=N\Nc1ccccc1)C(=O)c1ccccc1F. The molecule has 0 aliphatic rings. The molecule has 2 aromatic carbocycles. The smallest absolute Gasteiger partial charge is 0.362 e. The highest BCUT2D eigenvalue weighted by Gasteiger charge is 2.25. The topological polar surface area (TPSA) is 67.8 Å². The Kier molecular flexibility index (Phi) is 5.57. The fourth-order valence-corrected chi connectivity index (χ4v) is 1.79. The van der Waals surface area contributed by atoms with Crippen LogP contribution in [0.5, 0.6) is 0 Å². The number of ketones is 1. The van der Waals surface area contributed by atoms with E-state index in [-0.39, 0.29) is 12.2 Å². The number of nitrogens with one attached hydrogen (secondary N) is 1. The Morgan fingerprint density at radius 1 is 1.09 bits per heavy atom. The molecule has 0 radical (unpaired) electrons. The van der Waals surface area contributed by atoms with E-state index in [4.69, 9.17) is 4.74 Å². The average molecular weight is 314 g/mol. The first-order valence-electron chi connectivity index (χ1n) is 6.98. The molecule has 5 nitrogen and oxygen atoms in total. The number of anilines is 1. The lowest BCUT2D eigenvalue weighted by Crippen LogP contribution is -2.28. The van der Waals surface area contributed by atoms with Gasteiger partial charge in [-0.1, -0.05) is 30.3 Å². The van der Waals surface area contributed by atoms with Crippen LogP contribution in [0.2, 0.25) is 0 Å². The van der Waals surface area contributed by atoms with Crippen molar-refractivity contribution in [3.63, 3.8) is 0 Å². The molecule has 1 N–H and O–H groups in total. The van der Waals surface area contributed by atoms with E-state index in [1.807, 2.05) is 6.07 Å². The van der Waals surface area contributed by atoms with Gasteiger partial charge >= 0.3 is 5.97 Å². The number of nitrogens with zero attached hydrogens (tertiary/aromatic N) is 1. The maximum atomic E-state index is 13.8. The minimum Gasteiger partial charge on any atom is -0.461 e. The van der Waals surface area contributed by atoms with Crippen molar-refractivity contribution in [3.05, 3.63) is 66.0 Å². The van der Waals surface area contributed by atoms with E-state index < -0.39 is 23.3 Å². The molecule has 0 saturated carbocycles. The van der Waals surface area contributed by atoms with Gasteiger partial charge < -0.3 is 4.74 Å². The van der Waals surface area contributed by atoms with Crippen LogP contribution in [-0.4, -0.2) is 24.1 Å². The molecule has 0 spiro atoms. The molecule has 0 heterocycles. The second-order valence-electron chi connectivity index (χ2n) is 4.47. The summed E-state index contributed by atoms with van der Waals surface area (Å²) in [6.07, 6.45) is 0. The van der Waals surface area contributed by atoms with Gasteiger partial charge in [0.25, 0.3) is 0 Å². The maximum Gasteiger partial charge on any atom is 0.362 e. The molecule has 0 amide bonds. The number of para-hydroxylation sites is 1. The molecule has 0 saturated heterocycles. The van der Waals surface area contributed by atoms with E-state index in [0.717, 1.165) is 6.07 Å². The van der Waals surface area contributed by atoms with E-state index in [1.165, 1.54) is 18.2 Å². The lowest BCUT2D eigenvalue weighted by molar-refractivity contribution is -0.134. The monoisotopic (exact) mass is 314 g/mol. The van der Waals surface area contributed by atoms with Gasteiger partial charge in [0, 0.05) is 0 Å². The van der Waals surface area contributed by atoms with Crippen molar-refractivity contribution in [2.75, 3.05) is 12.0 Å². The molecule has 0 aromatic heterocycles. The van der Waals surface area contributed by atoms with Crippen LogP contribution < -0.4 is 5.43 Å². The van der Waals surface area contributed by atoms with Gasteiger partial charge in [-0.25, -0.2) is 9.18 Å². The molecule has 0 aliphatic heterocycles. The molecule has 23 heavy (non-hydrogen) atoms. The quantitative estimate of drug-likeness (QED) is 0.292. The van der Waals surface area contributed by atoms with Gasteiger partial charge in [0.1, 0.15) is 5.82 Å². The summed E-state index contributed by atoms with van der Waals surface area (Å²) in [6, 6.07) is 14.1. The molecule has 0 unspecified atom stereocenters. The molecule has 6 heteroatoms. The molecule has 118 valence electrons. The third-order valence-electron chi connectivity index (χ3n) is 2.87. The van der Waals surface area contributed by atoms with E-state index in [1.54, 1.807) is 31.2 Å². The van der Waals surface area contributed by atoms with Crippen LogP contribution in [0.3, 0.4) is 0 Å². The molecule has 2 aromatic rings. The minimum absolute atomic E-state index is 0.0771. The number of benzene rings is 2. The van der Waals surface area contributed by atoms with Crippen LogP contribution in [0, 0.1) is 5.82 Å². The van der Waals surface area contributed by atoms with Gasteiger partial charge in [-0.2, -0.15) is 5.10 Å². The van der Waals surface area contributed by atoms with Gasteiger partial charge in [0.05, 0.1) is 17.9 Å². The van der Waals surface area contributed by atoms with Crippen molar-refractivity contribution in [3.8, 4) is 0 Å². The van der Waals surface area contributed by atoms with Crippen molar-refractivity contribution in [1.82, 2.24) is 0 Å². The van der Waals surface area contributed by atoms with Crippen molar-refractivity contribution >= 4 is 23.2 Å². The summed E-state index contributed by atoms with van der Waals surface area (Å²) in [7, 11) is 0. The summed E-state index contributed by atoms with van der Waals surface area (Å²) in [4.78, 5) is 24.3. The number of ether oxygens (including phenoxy) is 1. The molecule has 2 rings (SSSR count). The molecule has 0 fully saturated rings. The first-order valence-corrected chi connectivity index (χ1v) is 6.98. The highest BCUT2D eigenvalue weighted by Crippen LogP contribution is 2.10. The fraction of sp³-hybridized carbons (Fsp3) is 0.118. The first kappa shape index (κ1) is 16.4. The highest BCUT2D eigenvalue weighted by molar-refractivity contribution is 6.67. The number of carbonyl (C=O) groups excluding carboxylic acids is 2. The molecular weight excluding hydrogens is 299 g/mol. The number of rotatable bonds is 6. The van der Waals surface area contributed by atoms with Gasteiger partial charge in [-0.3, -0.25) is 10.2 Å². The lowest BCUT2D eigenvalue weighted by atomic mass is 10.1. The fourth-order valence-electron chi connectivity index (χ4n) is 1.79. The maximum absolute atomic E-state index is 13.8. The second-order valence-corrected chi connectivity index (χ2v) is 4.47. The number of hydrogen-bond acceptors (Lipinski definition) is 5. The average Bonchev–Trinajstić information content (AvgIpc) is 2.56. The zero-order valence-electron chi connectivity index (χ0n) is 12.5. The number of hydrogen-bond donors (Lipinski definition) is 1. The molecule has 0 aliphatic carbocycles. The Balaban J connectivity index is 2.32. The molecular formula is C17H15FN2O3. The van der Waals surface area contributed by atoms with Crippen molar-refractivity contribution < 1.29 is 18.7 Å². The number of hydrazone groups is 1. The van der Waals surface area contributed by atoms with Gasteiger partial charge in [-0.15, -0.1) is 0 Å². The van der Waals surface area contributed by atoms with Crippen LogP contribution in [0.15, 0.2) is 59.7 Å². The van der Waals surface area contributed by atoms with Crippen molar-refractivity contribution in [2.45, 2.75) is 6.92 Å². The Morgan fingerprint density at radius 3 is 2.39 bits per heavy atom. The number of Topliss-reactive ketones (excluding diaryl/α,β-unsaturated/α-hetero) is 1. The second kappa shape index (κ2) is 7.84. The minimum atomic E-state index is -0.913. The van der Waals surface area contributed by atoms with Crippen LogP contribution in [0.4, 0.5) is 10.1 Å². The number of esters is 1. The van der Waals surface area contributed by atoms with Crippen LogP contribution in [-0.2, 0) is 9.53 Å².